The molecule has 98 valence electrons. The molecular formula is C11H21N3O2S. The average molecular weight is 259 g/mol. The van der Waals surface area contributed by atoms with E-state index in [-0.39, 0.29) is 10.9 Å². The Balaban J connectivity index is 2.91. The Bertz CT molecular complexity index is 463. The maximum absolute atomic E-state index is 12.0. The summed E-state index contributed by atoms with van der Waals surface area (Å²) < 4.78 is 28.3. The fourth-order valence-electron chi connectivity index (χ4n) is 1.45. The molecular weight excluding hydrogens is 238 g/mol. The van der Waals surface area contributed by atoms with Gasteiger partial charge in [-0.05, 0) is 27.2 Å². The van der Waals surface area contributed by atoms with Crippen LogP contribution in [0.5, 0.6) is 0 Å². The topological polar surface area (TPSA) is 64.0 Å². The van der Waals surface area contributed by atoms with Gasteiger partial charge in [0.15, 0.2) is 0 Å². The zero-order chi connectivity index (χ0) is 13.1. The first-order valence-corrected chi connectivity index (χ1v) is 7.42. The lowest BCUT2D eigenvalue weighted by Crippen LogP contribution is -2.25. The molecule has 0 saturated carbocycles. The summed E-state index contributed by atoms with van der Waals surface area (Å²) in [6.45, 7) is 8.15. The van der Waals surface area contributed by atoms with Crippen molar-refractivity contribution in [2.75, 3.05) is 6.54 Å². The molecule has 0 amide bonds. The van der Waals surface area contributed by atoms with Crippen molar-refractivity contribution in [1.82, 2.24) is 14.5 Å². The Hall–Kier alpha value is -0.880. The summed E-state index contributed by atoms with van der Waals surface area (Å²) in [6, 6.07) is 0.160. The predicted molar refractivity (Wildman–Crippen MR) is 67.4 cm³/mol. The molecule has 17 heavy (non-hydrogen) atoms. The summed E-state index contributed by atoms with van der Waals surface area (Å²) in [5, 5.41) is 4.20. The molecule has 0 saturated heterocycles. The zero-order valence-corrected chi connectivity index (χ0v) is 11.7. The second kappa shape index (κ2) is 5.64. The lowest BCUT2D eigenvalue weighted by atomic mass is 10.3. The predicted octanol–water partition coefficient (Wildman–Crippen LogP) is 1.85. The van der Waals surface area contributed by atoms with Gasteiger partial charge >= 0.3 is 0 Å². The van der Waals surface area contributed by atoms with Gasteiger partial charge in [-0.2, -0.15) is 5.10 Å². The number of hydrogen-bond donors (Lipinski definition) is 1. The third kappa shape index (κ3) is 3.54. The van der Waals surface area contributed by atoms with E-state index in [4.69, 9.17) is 0 Å². The van der Waals surface area contributed by atoms with Gasteiger partial charge in [0.1, 0.15) is 4.90 Å². The molecule has 0 aliphatic carbocycles. The van der Waals surface area contributed by atoms with E-state index in [0.717, 1.165) is 12.8 Å². The van der Waals surface area contributed by atoms with Crippen molar-refractivity contribution in [3.63, 3.8) is 0 Å². The molecule has 0 aliphatic rings. The van der Waals surface area contributed by atoms with Crippen molar-refractivity contribution in [1.29, 1.82) is 0 Å². The second-order valence-electron chi connectivity index (χ2n) is 4.40. The van der Waals surface area contributed by atoms with E-state index in [0.29, 0.717) is 12.2 Å². The minimum Gasteiger partial charge on any atom is -0.269 e. The monoisotopic (exact) mass is 259 g/mol. The number of aryl methyl sites for hydroxylation is 1. The van der Waals surface area contributed by atoms with E-state index in [1.807, 2.05) is 20.8 Å². The highest BCUT2D eigenvalue weighted by atomic mass is 32.2. The number of unbranched alkanes of at least 4 members (excludes halogenated alkanes) is 1. The first kappa shape index (κ1) is 14.2. The number of nitrogens with zero attached hydrogens (tertiary/aromatic N) is 2. The van der Waals surface area contributed by atoms with Gasteiger partial charge < -0.3 is 0 Å². The smallest absolute Gasteiger partial charge is 0.243 e. The number of sulfonamides is 1. The van der Waals surface area contributed by atoms with Crippen molar-refractivity contribution in [3.8, 4) is 0 Å². The lowest BCUT2D eigenvalue weighted by Gasteiger charge is -2.04. The largest absolute Gasteiger partial charge is 0.269 e. The van der Waals surface area contributed by atoms with Gasteiger partial charge in [0.25, 0.3) is 0 Å². The lowest BCUT2D eigenvalue weighted by molar-refractivity contribution is 0.528. The SMILES string of the molecule is CCCCNS(=O)(=O)c1cn(C(C)C)nc1C. The summed E-state index contributed by atoms with van der Waals surface area (Å²) in [4.78, 5) is 0.280. The van der Waals surface area contributed by atoms with Gasteiger partial charge in [-0.1, -0.05) is 13.3 Å². The normalized spacial score (nSPS) is 12.3. The van der Waals surface area contributed by atoms with Crippen molar-refractivity contribution >= 4 is 10.0 Å². The Kier molecular flexibility index (Phi) is 4.70. The van der Waals surface area contributed by atoms with Crippen LogP contribution in [0, 0.1) is 6.92 Å². The molecule has 0 fully saturated rings. The molecule has 0 unspecified atom stereocenters. The van der Waals surface area contributed by atoms with Crippen molar-refractivity contribution < 1.29 is 8.42 Å². The number of rotatable bonds is 6. The first-order chi connectivity index (χ1) is 7.88. The molecule has 1 aromatic rings. The third-order valence-electron chi connectivity index (χ3n) is 2.51. The fourth-order valence-corrected chi connectivity index (χ4v) is 2.70. The Morgan fingerprint density at radius 2 is 2.12 bits per heavy atom. The molecule has 0 aliphatic heterocycles. The van der Waals surface area contributed by atoms with E-state index < -0.39 is 10.0 Å². The molecule has 0 aromatic carbocycles. The molecule has 1 rings (SSSR count). The van der Waals surface area contributed by atoms with Crippen LogP contribution in [0.2, 0.25) is 0 Å². The molecule has 6 heteroatoms. The van der Waals surface area contributed by atoms with Crippen LogP contribution >= 0.6 is 0 Å². The Labute approximate surface area is 103 Å². The van der Waals surface area contributed by atoms with Crippen LogP contribution in [0.4, 0.5) is 0 Å². The van der Waals surface area contributed by atoms with Crippen LogP contribution in [0.25, 0.3) is 0 Å². The van der Waals surface area contributed by atoms with Crippen molar-refractivity contribution in [2.45, 2.75) is 51.5 Å². The van der Waals surface area contributed by atoms with E-state index >= 15 is 0 Å². The zero-order valence-electron chi connectivity index (χ0n) is 10.9. The van der Waals surface area contributed by atoms with Gasteiger partial charge in [0, 0.05) is 18.8 Å². The minimum atomic E-state index is -3.41. The fraction of sp³-hybridized carbons (Fsp3) is 0.727. The van der Waals surface area contributed by atoms with Gasteiger partial charge in [0.05, 0.1) is 5.69 Å². The second-order valence-corrected chi connectivity index (χ2v) is 6.14. The van der Waals surface area contributed by atoms with Crippen LogP contribution in [0.15, 0.2) is 11.1 Å². The van der Waals surface area contributed by atoms with E-state index in [1.165, 1.54) is 0 Å². The average Bonchev–Trinajstić information content (AvgIpc) is 2.61. The molecule has 0 spiro atoms. The van der Waals surface area contributed by atoms with Crippen LogP contribution < -0.4 is 4.72 Å². The molecule has 0 atom stereocenters. The van der Waals surface area contributed by atoms with Gasteiger partial charge in [0.2, 0.25) is 10.0 Å². The Morgan fingerprint density at radius 3 is 2.59 bits per heavy atom. The van der Waals surface area contributed by atoms with Crippen molar-refractivity contribution in [2.24, 2.45) is 0 Å². The summed E-state index contributed by atoms with van der Waals surface area (Å²) in [7, 11) is -3.41. The molecule has 0 bridgehead atoms. The molecule has 1 aromatic heterocycles. The summed E-state index contributed by atoms with van der Waals surface area (Å²) in [5.74, 6) is 0. The highest BCUT2D eigenvalue weighted by molar-refractivity contribution is 7.89. The standard InChI is InChI=1S/C11H21N3O2S/c1-5-6-7-12-17(15,16)11-8-14(9(2)3)13-10(11)4/h8-9,12H,5-7H2,1-4H3. The quantitative estimate of drug-likeness (QED) is 0.793. The maximum Gasteiger partial charge on any atom is 0.243 e. The van der Waals surface area contributed by atoms with E-state index in [2.05, 4.69) is 9.82 Å². The van der Waals surface area contributed by atoms with Gasteiger partial charge in [-0.3, -0.25) is 4.68 Å². The first-order valence-electron chi connectivity index (χ1n) is 5.94. The van der Waals surface area contributed by atoms with E-state index in [9.17, 15) is 8.42 Å². The Morgan fingerprint density at radius 1 is 1.47 bits per heavy atom. The van der Waals surface area contributed by atoms with Crippen LogP contribution in [-0.4, -0.2) is 24.7 Å². The third-order valence-corrected chi connectivity index (χ3v) is 4.08. The molecule has 0 radical (unpaired) electrons. The molecule has 5 nitrogen and oxygen atoms in total. The number of aromatic nitrogens is 2. The highest BCUT2D eigenvalue weighted by Crippen LogP contribution is 2.15. The van der Waals surface area contributed by atoms with Gasteiger partial charge in [-0.25, -0.2) is 13.1 Å². The van der Waals surface area contributed by atoms with E-state index in [1.54, 1.807) is 17.8 Å². The minimum absolute atomic E-state index is 0.160. The summed E-state index contributed by atoms with van der Waals surface area (Å²) in [5.41, 5.74) is 0.544. The van der Waals surface area contributed by atoms with Crippen LogP contribution in [0.1, 0.15) is 45.3 Å². The molecule has 1 N–H and O–H groups in total. The van der Waals surface area contributed by atoms with Crippen LogP contribution in [0.3, 0.4) is 0 Å². The van der Waals surface area contributed by atoms with Gasteiger partial charge in [-0.15, -0.1) is 0 Å². The number of hydrogen-bond acceptors (Lipinski definition) is 3. The van der Waals surface area contributed by atoms with Crippen molar-refractivity contribution in [3.05, 3.63) is 11.9 Å². The highest BCUT2D eigenvalue weighted by Gasteiger charge is 2.20. The summed E-state index contributed by atoms with van der Waals surface area (Å²) in [6.07, 6.45) is 3.40. The molecule has 1 heterocycles. The number of nitrogens with one attached hydrogen (secondary N) is 1. The van der Waals surface area contributed by atoms with Crippen LogP contribution in [-0.2, 0) is 10.0 Å². The summed E-state index contributed by atoms with van der Waals surface area (Å²) >= 11 is 0. The maximum atomic E-state index is 12.0.